The SMILES string of the molecule is O=[N+]([O-])c1cc(Br)c2nc(N3CCNCC3)ccc2c1. The van der Waals surface area contributed by atoms with E-state index in [1.165, 1.54) is 6.07 Å². The molecule has 0 spiro atoms. The summed E-state index contributed by atoms with van der Waals surface area (Å²) in [7, 11) is 0. The van der Waals surface area contributed by atoms with Crippen LogP contribution >= 0.6 is 15.9 Å². The van der Waals surface area contributed by atoms with Gasteiger partial charge in [0.05, 0.1) is 14.9 Å². The van der Waals surface area contributed by atoms with E-state index in [2.05, 4.69) is 31.1 Å². The van der Waals surface area contributed by atoms with Crippen molar-refractivity contribution < 1.29 is 4.92 Å². The molecule has 2 aromatic rings. The molecule has 2 heterocycles. The van der Waals surface area contributed by atoms with Gasteiger partial charge in [0.1, 0.15) is 5.82 Å². The zero-order valence-corrected chi connectivity index (χ0v) is 12.3. The van der Waals surface area contributed by atoms with Crippen molar-refractivity contribution in [2.45, 2.75) is 0 Å². The third kappa shape index (κ3) is 2.46. The van der Waals surface area contributed by atoms with Gasteiger partial charge in [-0.2, -0.15) is 0 Å². The molecule has 1 aliphatic heterocycles. The molecule has 1 fully saturated rings. The summed E-state index contributed by atoms with van der Waals surface area (Å²) in [6, 6.07) is 6.85. The first-order valence-corrected chi connectivity index (χ1v) is 7.15. The lowest BCUT2D eigenvalue weighted by Crippen LogP contribution is -2.43. The van der Waals surface area contributed by atoms with Crippen LogP contribution < -0.4 is 10.2 Å². The van der Waals surface area contributed by atoms with Crippen LogP contribution in [-0.2, 0) is 0 Å². The van der Waals surface area contributed by atoms with Crippen molar-refractivity contribution in [3.05, 3.63) is 38.9 Å². The molecule has 1 aliphatic rings. The van der Waals surface area contributed by atoms with Crippen LogP contribution in [0.1, 0.15) is 0 Å². The summed E-state index contributed by atoms with van der Waals surface area (Å²) >= 11 is 3.38. The first-order chi connectivity index (χ1) is 9.65. The lowest BCUT2D eigenvalue weighted by atomic mass is 10.2. The van der Waals surface area contributed by atoms with Gasteiger partial charge in [-0.3, -0.25) is 10.1 Å². The van der Waals surface area contributed by atoms with Crippen molar-refractivity contribution >= 4 is 38.3 Å². The van der Waals surface area contributed by atoms with Gasteiger partial charge in [-0.25, -0.2) is 4.98 Å². The largest absolute Gasteiger partial charge is 0.354 e. The number of anilines is 1. The van der Waals surface area contributed by atoms with Gasteiger partial charge in [0.25, 0.3) is 5.69 Å². The molecule has 0 amide bonds. The normalized spacial score (nSPS) is 15.6. The molecular weight excluding hydrogens is 324 g/mol. The first kappa shape index (κ1) is 13.3. The van der Waals surface area contributed by atoms with Crippen LogP contribution in [0, 0.1) is 10.1 Å². The van der Waals surface area contributed by atoms with E-state index < -0.39 is 4.92 Å². The Morgan fingerprint density at radius 1 is 1.30 bits per heavy atom. The second-order valence-corrected chi connectivity index (χ2v) is 5.52. The topological polar surface area (TPSA) is 71.3 Å². The maximum atomic E-state index is 10.9. The predicted octanol–water partition coefficient (Wildman–Crippen LogP) is 2.32. The van der Waals surface area contributed by atoms with E-state index in [0.29, 0.717) is 4.47 Å². The maximum absolute atomic E-state index is 10.9. The molecule has 3 rings (SSSR count). The fraction of sp³-hybridized carbons (Fsp3) is 0.308. The minimum Gasteiger partial charge on any atom is -0.354 e. The van der Waals surface area contributed by atoms with Gasteiger partial charge >= 0.3 is 0 Å². The zero-order chi connectivity index (χ0) is 14.1. The van der Waals surface area contributed by atoms with Crippen LogP contribution in [0.15, 0.2) is 28.7 Å². The van der Waals surface area contributed by atoms with Crippen molar-refractivity contribution in [2.24, 2.45) is 0 Å². The Kier molecular flexibility index (Phi) is 3.54. The second-order valence-electron chi connectivity index (χ2n) is 4.66. The van der Waals surface area contributed by atoms with E-state index >= 15 is 0 Å². The van der Waals surface area contributed by atoms with Crippen molar-refractivity contribution in [3.8, 4) is 0 Å². The van der Waals surface area contributed by atoms with Crippen molar-refractivity contribution in [1.82, 2.24) is 10.3 Å². The Bertz CT molecular complexity index is 671. The molecule has 6 nitrogen and oxygen atoms in total. The Morgan fingerprint density at radius 3 is 2.75 bits per heavy atom. The predicted molar refractivity (Wildman–Crippen MR) is 81.2 cm³/mol. The number of aromatic nitrogens is 1. The number of hydrogen-bond donors (Lipinski definition) is 1. The van der Waals surface area contributed by atoms with Crippen LogP contribution in [-0.4, -0.2) is 36.1 Å². The van der Waals surface area contributed by atoms with E-state index in [1.807, 2.05) is 12.1 Å². The monoisotopic (exact) mass is 336 g/mol. The number of pyridine rings is 1. The standard InChI is InChI=1S/C13H13BrN4O2/c14-11-8-10(18(19)20)7-9-1-2-12(16-13(9)11)17-5-3-15-4-6-17/h1-2,7-8,15H,3-6H2. The second kappa shape index (κ2) is 5.34. The maximum Gasteiger partial charge on any atom is 0.271 e. The van der Waals surface area contributed by atoms with E-state index in [9.17, 15) is 10.1 Å². The molecule has 0 atom stereocenters. The number of fused-ring (bicyclic) bond motifs is 1. The highest BCUT2D eigenvalue weighted by molar-refractivity contribution is 9.10. The van der Waals surface area contributed by atoms with Gasteiger partial charge < -0.3 is 10.2 Å². The van der Waals surface area contributed by atoms with Crippen LogP contribution in [0.3, 0.4) is 0 Å². The minimum absolute atomic E-state index is 0.0705. The Hall–Kier alpha value is -1.73. The molecule has 0 bridgehead atoms. The molecule has 1 aromatic heterocycles. The molecule has 104 valence electrons. The Labute approximate surface area is 124 Å². The number of piperazine rings is 1. The molecule has 7 heteroatoms. The average Bonchev–Trinajstić information content (AvgIpc) is 2.47. The van der Waals surface area contributed by atoms with Gasteiger partial charge in [0, 0.05) is 43.7 Å². The van der Waals surface area contributed by atoms with Crippen LogP contribution in [0.25, 0.3) is 10.9 Å². The van der Waals surface area contributed by atoms with E-state index in [-0.39, 0.29) is 5.69 Å². The number of rotatable bonds is 2. The summed E-state index contributed by atoms with van der Waals surface area (Å²) in [6.07, 6.45) is 0. The van der Waals surface area contributed by atoms with Crippen LogP contribution in [0.4, 0.5) is 11.5 Å². The van der Waals surface area contributed by atoms with Gasteiger partial charge in [-0.1, -0.05) is 0 Å². The third-order valence-corrected chi connectivity index (χ3v) is 3.97. The smallest absolute Gasteiger partial charge is 0.271 e. The van der Waals surface area contributed by atoms with Crippen LogP contribution in [0.2, 0.25) is 0 Å². The van der Waals surface area contributed by atoms with Crippen molar-refractivity contribution in [2.75, 3.05) is 31.1 Å². The van der Waals surface area contributed by atoms with E-state index in [4.69, 9.17) is 0 Å². The van der Waals surface area contributed by atoms with Crippen molar-refractivity contribution in [1.29, 1.82) is 0 Å². The lowest BCUT2D eigenvalue weighted by molar-refractivity contribution is -0.384. The average molecular weight is 337 g/mol. The molecule has 0 radical (unpaired) electrons. The summed E-state index contributed by atoms with van der Waals surface area (Å²) in [6.45, 7) is 3.73. The fourth-order valence-electron chi connectivity index (χ4n) is 2.34. The number of nitro benzene ring substituents is 1. The van der Waals surface area contributed by atoms with Gasteiger partial charge in [-0.05, 0) is 28.1 Å². The highest BCUT2D eigenvalue weighted by Gasteiger charge is 2.15. The van der Waals surface area contributed by atoms with E-state index in [1.54, 1.807) is 6.07 Å². The van der Waals surface area contributed by atoms with Crippen LogP contribution in [0.5, 0.6) is 0 Å². The Balaban J connectivity index is 2.04. The molecule has 0 unspecified atom stereocenters. The molecule has 1 aromatic carbocycles. The summed E-state index contributed by atoms with van der Waals surface area (Å²) in [5.74, 6) is 0.911. The summed E-state index contributed by atoms with van der Waals surface area (Å²) in [5, 5.41) is 14.9. The number of halogens is 1. The molecule has 0 aliphatic carbocycles. The highest BCUT2D eigenvalue weighted by atomic mass is 79.9. The number of nitrogens with zero attached hydrogens (tertiary/aromatic N) is 3. The highest BCUT2D eigenvalue weighted by Crippen LogP contribution is 2.29. The number of non-ortho nitro benzene ring substituents is 1. The number of nitro groups is 1. The molecule has 1 N–H and O–H groups in total. The zero-order valence-electron chi connectivity index (χ0n) is 10.7. The number of benzene rings is 1. The Morgan fingerprint density at radius 2 is 2.05 bits per heavy atom. The molecular formula is C13H13BrN4O2. The summed E-state index contributed by atoms with van der Waals surface area (Å²) < 4.78 is 0.652. The van der Waals surface area contributed by atoms with Gasteiger partial charge in [0.2, 0.25) is 0 Å². The number of nitrogens with one attached hydrogen (secondary N) is 1. The first-order valence-electron chi connectivity index (χ1n) is 6.35. The van der Waals surface area contributed by atoms with Crippen molar-refractivity contribution in [3.63, 3.8) is 0 Å². The number of hydrogen-bond acceptors (Lipinski definition) is 5. The third-order valence-electron chi connectivity index (χ3n) is 3.37. The molecule has 20 heavy (non-hydrogen) atoms. The fourth-order valence-corrected chi connectivity index (χ4v) is 2.89. The minimum atomic E-state index is -0.394. The lowest BCUT2D eigenvalue weighted by Gasteiger charge is -2.28. The van der Waals surface area contributed by atoms with Gasteiger partial charge in [0.15, 0.2) is 0 Å². The van der Waals surface area contributed by atoms with Gasteiger partial charge in [-0.15, -0.1) is 0 Å². The quantitative estimate of drug-likeness (QED) is 0.673. The summed E-state index contributed by atoms with van der Waals surface area (Å²) in [4.78, 5) is 17.3. The summed E-state index contributed by atoms with van der Waals surface area (Å²) in [5.41, 5.74) is 0.827. The van der Waals surface area contributed by atoms with E-state index in [0.717, 1.165) is 42.9 Å². The molecule has 0 saturated carbocycles. The molecule has 1 saturated heterocycles.